The van der Waals surface area contributed by atoms with Crippen LogP contribution in [-0.4, -0.2) is 37.2 Å². The zero-order valence-electron chi connectivity index (χ0n) is 14.8. The van der Waals surface area contributed by atoms with E-state index in [1.807, 2.05) is 0 Å². The van der Waals surface area contributed by atoms with Crippen LogP contribution < -0.4 is 19.5 Å². The maximum Gasteiger partial charge on any atom is 0.258 e. The highest BCUT2D eigenvalue weighted by molar-refractivity contribution is 6.04. The molecule has 1 aromatic heterocycles. The Bertz CT molecular complexity index is 790. The third-order valence-electron chi connectivity index (χ3n) is 3.45. The molecule has 25 heavy (non-hydrogen) atoms. The molecule has 2 rings (SSSR count). The fourth-order valence-corrected chi connectivity index (χ4v) is 2.36. The number of benzene rings is 1. The van der Waals surface area contributed by atoms with E-state index >= 15 is 0 Å². The topological polar surface area (TPSA) is 82.6 Å². The largest absolute Gasteiger partial charge is 0.493 e. The summed E-state index contributed by atoms with van der Waals surface area (Å²) in [4.78, 5) is 20.9. The summed E-state index contributed by atoms with van der Waals surface area (Å²) in [6.45, 7) is 5.52. The minimum Gasteiger partial charge on any atom is -0.493 e. The molecule has 7 nitrogen and oxygen atoms in total. The van der Waals surface area contributed by atoms with Gasteiger partial charge in [-0.05, 0) is 25.5 Å². The van der Waals surface area contributed by atoms with Crippen molar-refractivity contribution < 1.29 is 19.0 Å². The number of anilines is 1. The van der Waals surface area contributed by atoms with Gasteiger partial charge < -0.3 is 14.2 Å². The number of carbonyl (C=O) groups is 1. The number of methoxy groups -OCH3 is 3. The van der Waals surface area contributed by atoms with Crippen molar-refractivity contribution in [3.8, 4) is 17.4 Å². The Kier molecular flexibility index (Phi) is 5.94. The summed E-state index contributed by atoms with van der Waals surface area (Å²) >= 11 is 0. The fraction of sp³-hybridized carbons (Fsp3) is 0.278. The van der Waals surface area contributed by atoms with Gasteiger partial charge in [-0.15, -0.1) is 6.58 Å². The number of amides is 1. The number of nitrogens with zero attached hydrogens (tertiary/aromatic N) is 2. The van der Waals surface area contributed by atoms with Gasteiger partial charge in [0.1, 0.15) is 0 Å². The Morgan fingerprint density at radius 3 is 2.52 bits per heavy atom. The predicted octanol–water partition coefficient (Wildman–Crippen LogP) is 2.79. The lowest BCUT2D eigenvalue weighted by Gasteiger charge is -2.14. The molecule has 0 unspecified atom stereocenters. The van der Waals surface area contributed by atoms with Gasteiger partial charge in [0.15, 0.2) is 11.5 Å². The lowest BCUT2D eigenvalue weighted by atomic mass is 10.0. The van der Waals surface area contributed by atoms with Crippen LogP contribution in [-0.2, 0) is 6.42 Å². The quantitative estimate of drug-likeness (QED) is 0.779. The van der Waals surface area contributed by atoms with Crippen LogP contribution in [0.4, 0.5) is 5.95 Å². The monoisotopic (exact) mass is 343 g/mol. The second-order valence-electron chi connectivity index (χ2n) is 5.19. The number of allylic oxidation sites excluding steroid dienone is 1. The molecule has 1 N–H and O–H groups in total. The molecule has 0 atom stereocenters. The Balaban J connectivity index is 2.37. The number of aromatic nitrogens is 2. The SMILES string of the molecule is C=CCc1cc(C(=O)Nc2nc(C)cc(OC)n2)cc(OC)c1OC. The van der Waals surface area contributed by atoms with Crippen molar-refractivity contribution in [3.63, 3.8) is 0 Å². The van der Waals surface area contributed by atoms with Crippen molar-refractivity contribution in [2.24, 2.45) is 0 Å². The molecular formula is C18H21N3O4. The molecule has 0 aliphatic rings. The van der Waals surface area contributed by atoms with Gasteiger partial charge in [-0.25, -0.2) is 4.98 Å². The van der Waals surface area contributed by atoms with Crippen LogP contribution in [0.1, 0.15) is 21.6 Å². The molecule has 1 amide bonds. The van der Waals surface area contributed by atoms with E-state index in [1.54, 1.807) is 38.3 Å². The van der Waals surface area contributed by atoms with Crippen molar-refractivity contribution in [1.29, 1.82) is 0 Å². The van der Waals surface area contributed by atoms with Gasteiger partial charge in [0.25, 0.3) is 5.91 Å². The first kappa shape index (κ1) is 18.3. The van der Waals surface area contributed by atoms with E-state index in [0.29, 0.717) is 35.1 Å². The number of carbonyl (C=O) groups excluding carboxylic acids is 1. The number of rotatable bonds is 7. The Labute approximate surface area is 146 Å². The molecule has 2 aromatic rings. The molecule has 0 spiro atoms. The molecule has 0 fully saturated rings. The van der Waals surface area contributed by atoms with Gasteiger partial charge in [0.2, 0.25) is 11.8 Å². The molecule has 0 saturated heterocycles. The van der Waals surface area contributed by atoms with Crippen LogP contribution in [0.25, 0.3) is 0 Å². The molecule has 0 aliphatic heterocycles. The van der Waals surface area contributed by atoms with E-state index in [0.717, 1.165) is 5.56 Å². The van der Waals surface area contributed by atoms with Crippen LogP contribution in [0.5, 0.6) is 17.4 Å². The summed E-state index contributed by atoms with van der Waals surface area (Å²) in [5, 5.41) is 2.67. The molecule has 0 saturated carbocycles. The minimum atomic E-state index is -0.362. The zero-order valence-corrected chi connectivity index (χ0v) is 14.8. The van der Waals surface area contributed by atoms with Crippen LogP contribution in [0, 0.1) is 6.92 Å². The second-order valence-corrected chi connectivity index (χ2v) is 5.19. The van der Waals surface area contributed by atoms with Crippen LogP contribution in [0.15, 0.2) is 30.9 Å². The van der Waals surface area contributed by atoms with E-state index in [4.69, 9.17) is 14.2 Å². The van der Waals surface area contributed by atoms with Gasteiger partial charge >= 0.3 is 0 Å². The van der Waals surface area contributed by atoms with Gasteiger partial charge in [0, 0.05) is 22.9 Å². The highest BCUT2D eigenvalue weighted by atomic mass is 16.5. The fourth-order valence-electron chi connectivity index (χ4n) is 2.36. The lowest BCUT2D eigenvalue weighted by Crippen LogP contribution is -2.15. The van der Waals surface area contributed by atoms with E-state index in [9.17, 15) is 4.79 Å². The molecule has 0 radical (unpaired) electrons. The van der Waals surface area contributed by atoms with E-state index < -0.39 is 0 Å². The first-order valence-corrected chi connectivity index (χ1v) is 7.59. The summed E-state index contributed by atoms with van der Waals surface area (Å²) in [6.07, 6.45) is 2.27. The lowest BCUT2D eigenvalue weighted by molar-refractivity contribution is 0.102. The van der Waals surface area contributed by atoms with Crippen LogP contribution in [0.2, 0.25) is 0 Å². The van der Waals surface area contributed by atoms with E-state index in [-0.39, 0.29) is 11.9 Å². The summed E-state index contributed by atoms with van der Waals surface area (Å²) in [5.74, 6) is 1.23. The van der Waals surface area contributed by atoms with Crippen molar-refractivity contribution in [3.05, 3.63) is 47.7 Å². The van der Waals surface area contributed by atoms with Gasteiger partial charge in [-0.3, -0.25) is 10.1 Å². The second kappa shape index (κ2) is 8.14. The highest BCUT2D eigenvalue weighted by Crippen LogP contribution is 2.33. The van der Waals surface area contributed by atoms with Gasteiger partial charge in [0.05, 0.1) is 21.3 Å². The minimum absolute atomic E-state index is 0.168. The van der Waals surface area contributed by atoms with Crippen molar-refractivity contribution >= 4 is 11.9 Å². The summed E-state index contributed by atoms with van der Waals surface area (Å²) in [7, 11) is 4.58. The van der Waals surface area contributed by atoms with Crippen molar-refractivity contribution in [2.45, 2.75) is 13.3 Å². The number of nitrogens with one attached hydrogen (secondary N) is 1. The van der Waals surface area contributed by atoms with Crippen LogP contribution >= 0.6 is 0 Å². The Morgan fingerprint density at radius 1 is 1.16 bits per heavy atom. The Morgan fingerprint density at radius 2 is 1.92 bits per heavy atom. The van der Waals surface area contributed by atoms with E-state index in [2.05, 4.69) is 21.9 Å². The standard InChI is InChI=1S/C18H21N3O4/c1-6-7-12-9-13(10-14(23-3)16(12)25-5)17(22)21-18-19-11(2)8-15(20-18)24-4/h6,8-10H,1,7H2,2-5H3,(H,19,20,21,22). The predicted molar refractivity (Wildman–Crippen MR) is 94.7 cm³/mol. The average Bonchev–Trinajstić information content (AvgIpc) is 2.60. The molecule has 1 heterocycles. The number of ether oxygens (including phenoxy) is 3. The number of hydrogen-bond acceptors (Lipinski definition) is 6. The first-order chi connectivity index (χ1) is 12.0. The summed E-state index contributed by atoms with van der Waals surface area (Å²) < 4.78 is 15.8. The third kappa shape index (κ3) is 4.26. The maximum absolute atomic E-state index is 12.6. The smallest absolute Gasteiger partial charge is 0.258 e. The Hall–Kier alpha value is -3.09. The third-order valence-corrected chi connectivity index (χ3v) is 3.45. The molecular weight excluding hydrogens is 322 g/mol. The molecule has 7 heteroatoms. The van der Waals surface area contributed by atoms with Crippen molar-refractivity contribution in [2.75, 3.05) is 26.6 Å². The van der Waals surface area contributed by atoms with Crippen LogP contribution in [0.3, 0.4) is 0 Å². The molecule has 132 valence electrons. The van der Waals surface area contributed by atoms with Crippen molar-refractivity contribution in [1.82, 2.24) is 9.97 Å². The van der Waals surface area contributed by atoms with Gasteiger partial charge in [-0.1, -0.05) is 6.08 Å². The van der Waals surface area contributed by atoms with E-state index in [1.165, 1.54) is 14.2 Å². The zero-order chi connectivity index (χ0) is 18.4. The highest BCUT2D eigenvalue weighted by Gasteiger charge is 2.17. The molecule has 0 bridgehead atoms. The first-order valence-electron chi connectivity index (χ1n) is 7.59. The molecule has 0 aliphatic carbocycles. The number of aryl methyl sites for hydroxylation is 1. The summed E-state index contributed by atoms with van der Waals surface area (Å²) in [5.41, 5.74) is 1.88. The average molecular weight is 343 g/mol. The summed E-state index contributed by atoms with van der Waals surface area (Å²) in [6, 6.07) is 5.01. The normalized spacial score (nSPS) is 10.1. The number of hydrogen-bond donors (Lipinski definition) is 1. The van der Waals surface area contributed by atoms with Gasteiger partial charge in [-0.2, -0.15) is 4.98 Å². The molecule has 1 aromatic carbocycles. The maximum atomic E-state index is 12.6.